The van der Waals surface area contributed by atoms with E-state index >= 15 is 0 Å². The van der Waals surface area contributed by atoms with Crippen molar-refractivity contribution in [2.45, 2.75) is 26.7 Å². The summed E-state index contributed by atoms with van der Waals surface area (Å²) in [7, 11) is 0. The van der Waals surface area contributed by atoms with E-state index in [0.717, 1.165) is 16.8 Å². The van der Waals surface area contributed by atoms with Crippen LogP contribution in [0.25, 0.3) is 11.3 Å². The van der Waals surface area contributed by atoms with Crippen LogP contribution in [-0.2, 0) is 11.2 Å². The average molecular weight is 422 g/mol. The van der Waals surface area contributed by atoms with E-state index in [4.69, 9.17) is 11.6 Å². The van der Waals surface area contributed by atoms with Crippen molar-refractivity contribution in [1.29, 1.82) is 0 Å². The standard InChI is InChI=1S/C22H20ClN5O2/c1-14-6-7-18(12-15(14)2)27-10-11-28-19(25-26-21(28)22(27)30)8-9-20(29)24-17-5-3-4-16(23)13-17/h3-7,10-13H,8-9H2,1-2H3,(H,24,29). The van der Waals surface area contributed by atoms with Gasteiger partial charge < -0.3 is 5.32 Å². The van der Waals surface area contributed by atoms with Crippen molar-refractivity contribution >= 4 is 28.8 Å². The maximum Gasteiger partial charge on any atom is 0.300 e. The quantitative estimate of drug-likeness (QED) is 0.532. The van der Waals surface area contributed by atoms with Gasteiger partial charge in [0.2, 0.25) is 11.6 Å². The normalized spacial score (nSPS) is 11.0. The number of benzene rings is 2. The summed E-state index contributed by atoms with van der Waals surface area (Å²) in [6.45, 7) is 4.03. The Morgan fingerprint density at radius 3 is 2.67 bits per heavy atom. The fourth-order valence-corrected chi connectivity index (χ4v) is 3.39. The zero-order valence-corrected chi connectivity index (χ0v) is 17.3. The molecule has 2 aromatic heterocycles. The summed E-state index contributed by atoms with van der Waals surface area (Å²) in [6.07, 6.45) is 3.99. The maximum atomic E-state index is 12.9. The third-order valence-electron chi connectivity index (χ3n) is 4.99. The van der Waals surface area contributed by atoms with Gasteiger partial charge in [0.15, 0.2) is 0 Å². The number of hydrogen-bond donors (Lipinski definition) is 1. The number of hydrogen-bond acceptors (Lipinski definition) is 4. The van der Waals surface area contributed by atoms with Gasteiger partial charge in [0, 0.05) is 41.6 Å². The van der Waals surface area contributed by atoms with Crippen molar-refractivity contribution in [1.82, 2.24) is 19.2 Å². The monoisotopic (exact) mass is 421 g/mol. The smallest absolute Gasteiger partial charge is 0.300 e. The summed E-state index contributed by atoms with van der Waals surface area (Å²) in [6, 6.07) is 12.8. The molecule has 2 heterocycles. The van der Waals surface area contributed by atoms with Crippen molar-refractivity contribution in [2.75, 3.05) is 5.32 Å². The molecule has 8 heteroatoms. The molecule has 4 aromatic rings. The van der Waals surface area contributed by atoms with E-state index in [1.165, 1.54) is 0 Å². The molecule has 0 atom stereocenters. The summed E-state index contributed by atoms with van der Waals surface area (Å²) in [5, 5.41) is 11.5. The molecule has 0 saturated carbocycles. The van der Waals surface area contributed by atoms with Gasteiger partial charge in [-0.2, -0.15) is 0 Å². The molecule has 0 saturated heterocycles. The Kier molecular flexibility index (Phi) is 5.37. The number of nitrogens with one attached hydrogen (secondary N) is 1. The molecule has 2 aromatic carbocycles. The lowest BCUT2D eigenvalue weighted by atomic mass is 10.1. The molecule has 0 aliphatic rings. The summed E-state index contributed by atoms with van der Waals surface area (Å²) < 4.78 is 3.18. The number of nitrogens with zero attached hydrogens (tertiary/aromatic N) is 4. The molecule has 7 nitrogen and oxygen atoms in total. The van der Waals surface area contributed by atoms with Crippen LogP contribution < -0.4 is 10.9 Å². The van der Waals surface area contributed by atoms with E-state index in [2.05, 4.69) is 15.5 Å². The molecule has 0 fully saturated rings. The van der Waals surface area contributed by atoms with Crippen molar-refractivity contribution in [3.63, 3.8) is 0 Å². The van der Waals surface area contributed by atoms with Crippen LogP contribution >= 0.6 is 11.6 Å². The largest absolute Gasteiger partial charge is 0.326 e. The molecule has 30 heavy (non-hydrogen) atoms. The number of aromatic nitrogens is 4. The van der Waals surface area contributed by atoms with Crippen LogP contribution in [0.2, 0.25) is 5.02 Å². The Morgan fingerprint density at radius 2 is 1.90 bits per heavy atom. The summed E-state index contributed by atoms with van der Waals surface area (Å²) in [5.41, 5.74) is 3.63. The Labute approximate surface area is 178 Å². The molecular formula is C22H20ClN5O2. The molecule has 1 N–H and O–H groups in total. The summed E-state index contributed by atoms with van der Waals surface area (Å²) >= 11 is 5.94. The van der Waals surface area contributed by atoms with Gasteiger partial charge in [0.05, 0.1) is 0 Å². The molecule has 0 aliphatic heterocycles. The van der Waals surface area contributed by atoms with E-state index in [1.54, 1.807) is 45.6 Å². The first-order valence-corrected chi connectivity index (χ1v) is 9.88. The van der Waals surface area contributed by atoms with E-state index in [9.17, 15) is 9.59 Å². The highest BCUT2D eigenvalue weighted by Crippen LogP contribution is 2.16. The minimum absolute atomic E-state index is 0.169. The van der Waals surface area contributed by atoms with Gasteiger partial charge in [-0.05, 0) is 55.3 Å². The first kappa shape index (κ1) is 19.8. The molecule has 0 bridgehead atoms. The van der Waals surface area contributed by atoms with E-state index in [1.807, 2.05) is 32.0 Å². The van der Waals surface area contributed by atoms with Crippen molar-refractivity contribution in [3.8, 4) is 5.69 Å². The lowest BCUT2D eigenvalue weighted by Gasteiger charge is -2.09. The van der Waals surface area contributed by atoms with Crippen LogP contribution in [0.5, 0.6) is 0 Å². The second-order valence-corrected chi connectivity index (χ2v) is 7.55. The molecule has 0 aliphatic carbocycles. The highest BCUT2D eigenvalue weighted by molar-refractivity contribution is 6.30. The van der Waals surface area contributed by atoms with E-state index < -0.39 is 0 Å². The molecule has 0 unspecified atom stereocenters. The number of amides is 1. The first-order chi connectivity index (χ1) is 14.4. The molecule has 4 rings (SSSR count). The number of rotatable bonds is 5. The third kappa shape index (κ3) is 3.97. The lowest BCUT2D eigenvalue weighted by Crippen LogP contribution is -2.20. The van der Waals surface area contributed by atoms with Gasteiger partial charge in [-0.25, -0.2) is 0 Å². The van der Waals surface area contributed by atoms with Gasteiger partial charge in [-0.15, -0.1) is 10.2 Å². The number of anilines is 1. The zero-order chi connectivity index (χ0) is 21.3. The van der Waals surface area contributed by atoms with Crippen LogP contribution in [0.15, 0.2) is 59.7 Å². The SMILES string of the molecule is Cc1ccc(-n2ccn3c(CCC(=O)Nc4cccc(Cl)c4)nnc3c2=O)cc1C. The zero-order valence-electron chi connectivity index (χ0n) is 16.6. The molecule has 1 amide bonds. The van der Waals surface area contributed by atoms with Crippen LogP contribution in [0.4, 0.5) is 5.69 Å². The number of carbonyl (C=O) groups excluding carboxylic acids is 1. The fourth-order valence-electron chi connectivity index (χ4n) is 3.20. The maximum absolute atomic E-state index is 12.9. The predicted molar refractivity (Wildman–Crippen MR) is 116 cm³/mol. The van der Waals surface area contributed by atoms with E-state index in [0.29, 0.717) is 23.0 Å². The number of carbonyl (C=O) groups is 1. The summed E-state index contributed by atoms with van der Waals surface area (Å²) in [5.74, 6) is 0.382. The number of fused-ring (bicyclic) bond motifs is 1. The van der Waals surface area contributed by atoms with Gasteiger partial charge in [-0.1, -0.05) is 23.7 Å². The Hall–Kier alpha value is -3.45. The topological polar surface area (TPSA) is 81.3 Å². The van der Waals surface area contributed by atoms with Crippen molar-refractivity contribution in [3.05, 3.63) is 87.2 Å². The van der Waals surface area contributed by atoms with Crippen LogP contribution in [-0.4, -0.2) is 25.1 Å². The fraction of sp³-hybridized carbons (Fsp3) is 0.182. The van der Waals surface area contributed by atoms with Gasteiger partial charge in [0.25, 0.3) is 0 Å². The minimum atomic E-state index is -0.261. The highest BCUT2D eigenvalue weighted by atomic mass is 35.5. The molecule has 0 radical (unpaired) electrons. The second kappa shape index (κ2) is 8.12. The lowest BCUT2D eigenvalue weighted by molar-refractivity contribution is -0.116. The molecule has 0 spiro atoms. The number of halogens is 1. The molecule has 152 valence electrons. The average Bonchev–Trinajstić information content (AvgIpc) is 3.13. The van der Waals surface area contributed by atoms with Gasteiger partial charge >= 0.3 is 5.56 Å². The van der Waals surface area contributed by atoms with Gasteiger partial charge in [-0.3, -0.25) is 18.6 Å². The van der Waals surface area contributed by atoms with Crippen LogP contribution in [0, 0.1) is 13.8 Å². The highest BCUT2D eigenvalue weighted by Gasteiger charge is 2.13. The van der Waals surface area contributed by atoms with E-state index in [-0.39, 0.29) is 23.5 Å². The Balaban J connectivity index is 1.53. The van der Waals surface area contributed by atoms with Crippen LogP contribution in [0.1, 0.15) is 23.4 Å². The molecular weight excluding hydrogens is 402 g/mol. The van der Waals surface area contributed by atoms with Gasteiger partial charge in [0.1, 0.15) is 5.82 Å². The Morgan fingerprint density at radius 1 is 1.07 bits per heavy atom. The first-order valence-electron chi connectivity index (χ1n) is 9.51. The minimum Gasteiger partial charge on any atom is -0.326 e. The van der Waals surface area contributed by atoms with Crippen molar-refractivity contribution in [2.24, 2.45) is 0 Å². The summed E-state index contributed by atoms with van der Waals surface area (Å²) in [4.78, 5) is 25.1. The predicted octanol–water partition coefficient (Wildman–Crippen LogP) is 3.72. The number of aryl methyl sites for hydroxylation is 3. The second-order valence-electron chi connectivity index (χ2n) is 7.11. The van der Waals surface area contributed by atoms with Crippen molar-refractivity contribution < 1.29 is 4.79 Å². The Bertz CT molecular complexity index is 1310. The van der Waals surface area contributed by atoms with Crippen LogP contribution in [0.3, 0.4) is 0 Å². The third-order valence-corrected chi connectivity index (χ3v) is 5.23.